The van der Waals surface area contributed by atoms with Gasteiger partial charge in [0.25, 0.3) is 0 Å². The van der Waals surface area contributed by atoms with Gasteiger partial charge in [0.2, 0.25) is 0 Å². The molecule has 1 aliphatic heterocycles. The molecule has 0 aromatic heterocycles. The molecule has 1 aliphatic rings. The van der Waals surface area contributed by atoms with Crippen molar-refractivity contribution in [2.24, 2.45) is 0 Å². The molecule has 0 radical (unpaired) electrons. The third-order valence-corrected chi connectivity index (χ3v) is 3.90. The van der Waals surface area contributed by atoms with E-state index in [1.165, 1.54) is 11.3 Å². The standard InChI is InChI=1S/C13H19NO.HI/c1-9-13(2,3)11-8-10(15-5)6-7-12(11)14(9)4;/h6-9H,1-5H3;1H. The lowest BCUT2D eigenvalue weighted by atomic mass is 9.81. The summed E-state index contributed by atoms with van der Waals surface area (Å²) in [5.74, 6) is 0.948. The van der Waals surface area contributed by atoms with Crippen LogP contribution in [0.2, 0.25) is 0 Å². The summed E-state index contributed by atoms with van der Waals surface area (Å²) in [5.41, 5.74) is 2.91. The Labute approximate surface area is 115 Å². The van der Waals surface area contributed by atoms with Gasteiger partial charge in [0.15, 0.2) is 0 Å². The van der Waals surface area contributed by atoms with Crippen molar-refractivity contribution < 1.29 is 4.74 Å². The smallest absolute Gasteiger partial charge is 0.119 e. The van der Waals surface area contributed by atoms with Crippen LogP contribution in [0.15, 0.2) is 18.2 Å². The first kappa shape index (κ1) is 13.6. The molecular weight excluding hydrogens is 313 g/mol. The molecule has 1 aromatic carbocycles. The van der Waals surface area contributed by atoms with Crippen molar-refractivity contribution in [1.82, 2.24) is 0 Å². The highest BCUT2D eigenvalue weighted by Gasteiger charge is 2.40. The Balaban J connectivity index is 0.00000128. The molecule has 0 saturated carbocycles. The molecule has 1 aromatic rings. The van der Waals surface area contributed by atoms with Gasteiger partial charge in [-0.3, -0.25) is 0 Å². The zero-order valence-electron chi connectivity index (χ0n) is 10.6. The number of ether oxygens (including phenoxy) is 1. The lowest BCUT2D eigenvalue weighted by Gasteiger charge is -2.28. The molecule has 1 atom stereocenters. The van der Waals surface area contributed by atoms with Crippen molar-refractivity contribution in [3.05, 3.63) is 23.8 Å². The van der Waals surface area contributed by atoms with Gasteiger partial charge < -0.3 is 9.64 Å². The van der Waals surface area contributed by atoms with Gasteiger partial charge in [0.1, 0.15) is 5.75 Å². The number of benzene rings is 1. The Morgan fingerprint density at radius 2 is 1.94 bits per heavy atom. The van der Waals surface area contributed by atoms with Gasteiger partial charge in [-0.1, -0.05) is 13.8 Å². The van der Waals surface area contributed by atoms with Crippen LogP contribution in [0.1, 0.15) is 26.3 Å². The zero-order chi connectivity index (χ0) is 11.2. The minimum atomic E-state index is 0. The molecule has 16 heavy (non-hydrogen) atoms. The van der Waals surface area contributed by atoms with Crippen molar-refractivity contribution >= 4 is 29.7 Å². The highest BCUT2D eigenvalue weighted by atomic mass is 127. The Morgan fingerprint density at radius 3 is 2.50 bits per heavy atom. The van der Waals surface area contributed by atoms with Crippen molar-refractivity contribution in [2.75, 3.05) is 19.1 Å². The summed E-state index contributed by atoms with van der Waals surface area (Å²) in [6, 6.07) is 6.87. The van der Waals surface area contributed by atoms with E-state index in [0.29, 0.717) is 6.04 Å². The normalized spacial score (nSPS) is 21.3. The molecule has 0 saturated heterocycles. The van der Waals surface area contributed by atoms with E-state index in [2.05, 4.69) is 44.9 Å². The number of nitrogens with zero attached hydrogens (tertiary/aromatic N) is 1. The topological polar surface area (TPSA) is 12.5 Å². The molecule has 2 rings (SSSR count). The molecule has 0 bridgehead atoms. The highest BCUT2D eigenvalue weighted by Crippen LogP contribution is 2.45. The summed E-state index contributed by atoms with van der Waals surface area (Å²) in [5, 5.41) is 0. The zero-order valence-corrected chi connectivity index (χ0v) is 12.9. The molecular formula is C13H20INO. The molecule has 0 fully saturated rings. The summed E-state index contributed by atoms with van der Waals surface area (Å²) < 4.78 is 5.28. The van der Waals surface area contributed by atoms with E-state index in [0.717, 1.165) is 5.75 Å². The third kappa shape index (κ3) is 1.79. The number of methoxy groups -OCH3 is 1. The summed E-state index contributed by atoms with van der Waals surface area (Å²) >= 11 is 0. The lowest BCUT2D eigenvalue weighted by molar-refractivity contribution is 0.410. The predicted molar refractivity (Wildman–Crippen MR) is 79.3 cm³/mol. The summed E-state index contributed by atoms with van der Waals surface area (Å²) in [6.07, 6.45) is 0. The quantitative estimate of drug-likeness (QED) is 0.730. The molecule has 1 unspecified atom stereocenters. The van der Waals surface area contributed by atoms with Crippen LogP contribution in [0.3, 0.4) is 0 Å². The second-order valence-corrected chi connectivity index (χ2v) is 4.89. The van der Waals surface area contributed by atoms with E-state index in [1.54, 1.807) is 7.11 Å². The molecule has 1 heterocycles. The minimum Gasteiger partial charge on any atom is -0.497 e. The first-order valence-electron chi connectivity index (χ1n) is 5.40. The molecule has 2 nitrogen and oxygen atoms in total. The van der Waals surface area contributed by atoms with Crippen LogP contribution in [-0.4, -0.2) is 20.2 Å². The fourth-order valence-electron chi connectivity index (χ4n) is 2.38. The van der Waals surface area contributed by atoms with Crippen molar-refractivity contribution in [3.63, 3.8) is 0 Å². The van der Waals surface area contributed by atoms with Gasteiger partial charge in [-0.05, 0) is 30.7 Å². The molecule has 0 amide bonds. The summed E-state index contributed by atoms with van der Waals surface area (Å²) in [7, 11) is 3.88. The van der Waals surface area contributed by atoms with Crippen LogP contribution in [0.5, 0.6) is 5.75 Å². The fourth-order valence-corrected chi connectivity index (χ4v) is 2.38. The Hall–Kier alpha value is -0.450. The van der Waals surface area contributed by atoms with E-state index in [-0.39, 0.29) is 29.4 Å². The number of likely N-dealkylation sites (N-methyl/N-ethyl adjacent to an activating group) is 1. The van der Waals surface area contributed by atoms with Gasteiger partial charge in [0, 0.05) is 24.2 Å². The number of hydrogen-bond acceptors (Lipinski definition) is 2. The minimum absolute atomic E-state index is 0. The van der Waals surface area contributed by atoms with E-state index in [1.807, 2.05) is 6.07 Å². The first-order chi connectivity index (χ1) is 6.98. The van der Waals surface area contributed by atoms with Crippen molar-refractivity contribution in [2.45, 2.75) is 32.2 Å². The van der Waals surface area contributed by atoms with Gasteiger partial charge in [-0.15, -0.1) is 24.0 Å². The van der Waals surface area contributed by atoms with Gasteiger partial charge in [-0.2, -0.15) is 0 Å². The molecule has 3 heteroatoms. The van der Waals surface area contributed by atoms with Crippen LogP contribution >= 0.6 is 24.0 Å². The maximum Gasteiger partial charge on any atom is 0.119 e. The number of halogens is 1. The number of hydrogen-bond donors (Lipinski definition) is 0. The Kier molecular flexibility index (Phi) is 3.77. The van der Waals surface area contributed by atoms with E-state index >= 15 is 0 Å². The van der Waals surface area contributed by atoms with Gasteiger partial charge in [0.05, 0.1) is 7.11 Å². The van der Waals surface area contributed by atoms with Crippen LogP contribution in [0.25, 0.3) is 0 Å². The van der Waals surface area contributed by atoms with Crippen LogP contribution in [0, 0.1) is 0 Å². The third-order valence-electron chi connectivity index (χ3n) is 3.90. The fraction of sp³-hybridized carbons (Fsp3) is 0.538. The monoisotopic (exact) mass is 333 g/mol. The van der Waals surface area contributed by atoms with E-state index < -0.39 is 0 Å². The Morgan fingerprint density at radius 1 is 1.31 bits per heavy atom. The predicted octanol–water partition coefficient (Wildman–Crippen LogP) is 3.43. The van der Waals surface area contributed by atoms with Crippen molar-refractivity contribution in [3.8, 4) is 5.75 Å². The molecule has 0 N–H and O–H groups in total. The van der Waals surface area contributed by atoms with Crippen LogP contribution in [0.4, 0.5) is 5.69 Å². The first-order valence-corrected chi connectivity index (χ1v) is 5.40. The second kappa shape index (κ2) is 4.43. The maximum atomic E-state index is 5.28. The number of fused-ring (bicyclic) bond motifs is 1. The van der Waals surface area contributed by atoms with Crippen LogP contribution in [-0.2, 0) is 5.41 Å². The van der Waals surface area contributed by atoms with Gasteiger partial charge in [-0.25, -0.2) is 0 Å². The average Bonchev–Trinajstić information content (AvgIpc) is 2.40. The van der Waals surface area contributed by atoms with E-state index in [4.69, 9.17) is 4.74 Å². The molecule has 0 aliphatic carbocycles. The highest BCUT2D eigenvalue weighted by molar-refractivity contribution is 14.0. The Bertz CT molecular complexity index is 390. The molecule has 0 spiro atoms. The van der Waals surface area contributed by atoms with Crippen molar-refractivity contribution in [1.29, 1.82) is 0 Å². The second-order valence-electron chi connectivity index (χ2n) is 4.89. The largest absolute Gasteiger partial charge is 0.497 e. The average molecular weight is 333 g/mol. The van der Waals surface area contributed by atoms with Crippen LogP contribution < -0.4 is 9.64 Å². The summed E-state index contributed by atoms with van der Waals surface area (Å²) in [4.78, 5) is 2.34. The van der Waals surface area contributed by atoms with E-state index in [9.17, 15) is 0 Å². The molecule has 90 valence electrons. The maximum absolute atomic E-state index is 5.28. The summed E-state index contributed by atoms with van der Waals surface area (Å²) in [6.45, 7) is 6.85. The number of rotatable bonds is 1. The lowest BCUT2D eigenvalue weighted by Crippen LogP contribution is -2.36. The SMILES string of the molecule is COc1ccc2c(c1)C(C)(C)C(C)N2C.I. The van der Waals surface area contributed by atoms with Gasteiger partial charge >= 0.3 is 0 Å². The number of anilines is 1.